The van der Waals surface area contributed by atoms with Crippen molar-refractivity contribution in [3.63, 3.8) is 0 Å². The van der Waals surface area contributed by atoms with Gasteiger partial charge < -0.3 is 10.1 Å². The number of ether oxygens (including phenoxy) is 1. The molecule has 1 N–H and O–H groups in total. The summed E-state index contributed by atoms with van der Waals surface area (Å²) in [6.07, 6.45) is 1.61. The maximum Gasteiger partial charge on any atom is 0.254 e. The summed E-state index contributed by atoms with van der Waals surface area (Å²) in [6, 6.07) is 3.25. The zero-order valence-electron chi connectivity index (χ0n) is 8.63. The van der Waals surface area contributed by atoms with Crippen molar-refractivity contribution in [2.45, 2.75) is 0 Å². The van der Waals surface area contributed by atoms with Crippen molar-refractivity contribution in [1.82, 2.24) is 5.32 Å². The van der Waals surface area contributed by atoms with Crippen LogP contribution < -0.4 is 10.1 Å². The minimum Gasteiger partial charge on any atom is -0.496 e. The maximum absolute atomic E-state index is 11.5. The Morgan fingerprint density at radius 2 is 2.27 bits per heavy atom. The van der Waals surface area contributed by atoms with Crippen LogP contribution in [0.3, 0.4) is 0 Å². The number of methoxy groups -OCH3 is 1. The molecule has 15 heavy (non-hydrogen) atoms. The first kappa shape index (κ1) is 11.6. The van der Waals surface area contributed by atoms with Gasteiger partial charge in [0.2, 0.25) is 0 Å². The molecule has 0 radical (unpaired) electrons. The fourth-order valence-corrected chi connectivity index (χ4v) is 1.45. The molecule has 0 heterocycles. The van der Waals surface area contributed by atoms with Gasteiger partial charge in [-0.25, -0.2) is 0 Å². The lowest BCUT2D eigenvalue weighted by Crippen LogP contribution is -2.18. The lowest BCUT2D eigenvalue weighted by atomic mass is 10.1. The first-order valence-corrected chi connectivity index (χ1v) is 4.74. The molecule has 0 saturated heterocycles. The Bertz CT molecular complexity index is 402. The van der Waals surface area contributed by atoms with E-state index in [1.807, 2.05) is 0 Å². The third-order valence-corrected chi connectivity index (χ3v) is 2.34. The molecule has 0 aliphatic rings. The Morgan fingerprint density at radius 3 is 2.73 bits per heavy atom. The topological polar surface area (TPSA) is 38.3 Å². The highest BCUT2D eigenvalue weighted by Gasteiger charge is 2.13. The molecule has 0 fully saturated rings. The second-order valence-corrected chi connectivity index (χ2v) is 3.26. The molecule has 1 aromatic rings. The number of carbonyl (C=O) groups excluding carboxylic acids is 1. The van der Waals surface area contributed by atoms with Gasteiger partial charge in [0.15, 0.2) is 0 Å². The molecular formula is C11H12ClNO2. The number of rotatable bonds is 3. The summed E-state index contributed by atoms with van der Waals surface area (Å²) in [7, 11) is 3.06. The van der Waals surface area contributed by atoms with Crippen LogP contribution in [0.5, 0.6) is 5.75 Å². The highest BCUT2D eigenvalue weighted by atomic mass is 35.5. The quantitative estimate of drug-likeness (QED) is 0.858. The minimum absolute atomic E-state index is 0.232. The van der Waals surface area contributed by atoms with Gasteiger partial charge in [-0.15, -0.1) is 0 Å². The molecule has 0 bridgehead atoms. The summed E-state index contributed by atoms with van der Waals surface area (Å²) in [5.74, 6) is 0.248. The van der Waals surface area contributed by atoms with Gasteiger partial charge in [-0.05, 0) is 17.7 Å². The minimum atomic E-state index is -0.232. The van der Waals surface area contributed by atoms with E-state index >= 15 is 0 Å². The second-order valence-electron chi connectivity index (χ2n) is 2.86. The predicted molar refractivity (Wildman–Crippen MR) is 61.5 cm³/mol. The van der Waals surface area contributed by atoms with Crippen molar-refractivity contribution in [2.24, 2.45) is 0 Å². The average molecular weight is 226 g/mol. The summed E-state index contributed by atoms with van der Waals surface area (Å²) >= 11 is 5.95. The molecule has 1 rings (SSSR count). The van der Waals surface area contributed by atoms with Crippen molar-refractivity contribution in [1.29, 1.82) is 0 Å². The zero-order valence-corrected chi connectivity index (χ0v) is 9.39. The Balaban J connectivity index is 3.33. The van der Waals surface area contributed by atoms with Crippen LogP contribution in [0.4, 0.5) is 0 Å². The van der Waals surface area contributed by atoms with E-state index in [1.165, 1.54) is 7.11 Å². The Labute approximate surface area is 93.7 Å². The second kappa shape index (κ2) is 4.84. The van der Waals surface area contributed by atoms with Crippen LogP contribution in [0.25, 0.3) is 6.08 Å². The Hall–Kier alpha value is -1.48. The summed E-state index contributed by atoms with van der Waals surface area (Å²) < 4.78 is 5.10. The molecule has 1 aromatic carbocycles. The molecular weight excluding hydrogens is 214 g/mol. The lowest BCUT2D eigenvalue weighted by Gasteiger charge is -2.09. The van der Waals surface area contributed by atoms with Gasteiger partial charge in [0, 0.05) is 12.1 Å². The third-order valence-electron chi connectivity index (χ3n) is 2.01. The fourth-order valence-electron chi connectivity index (χ4n) is 1.21. The SMILES string of the molecule is C=Cc1cc(OC)c(C(=O)NC)cc1Cl. The molecule has 80 valence electrons. The van der Waals surface area contributed by atoms with Crippen LogP contribution in [-0.4, -0.2) is 20.1 Å². The van der Waals surface area contributed by atoms with Gasteiger partial charge in [0.1, 0.15) is 5.75 Å². The van der Waals surface area contributed by atoms with E-state index in [2.05, 4.69) is 11.9 Å². The zero-order chi connectivity index (χ0) is 11.4. The van der Waals surface area contributed by atoms with Gasteiger partial charge in [0.05, 0.1) is 12.7 Å². The van der Waals surface area contributed by atoms with Crippen molar-refractivity contribution in [3.8, 4) is 5.75 Å². The van der Waals surface area contributed by atoms with Gasteiger partial charge in [-0.3, -0.25) is 4.79 Å². The normalized spacial score (nSPS) is 9.53. The number of amides is 1. The van der Waals surface area contributed by atoms with Gasteiger partial charge in [-0.2, -0.15) is 0 Å². The highest BCUT2D eigenvalue weighted by molar-refractivity contribution is 6.32. The Kier molecular flexibility index (Phi) is 3.74. The Morgan fingerprint density at radius 1 is 1.60 bits per heavy atom. The van der Waals surface area contributed by atoms with Crippen LogP contribution >= 0.6 is 11.6 Å². The predicted octanol–water partition coefficient (Wildman–Crippen LogP) is 2.35. The number of carbonyl (C=O) groups is 1. The summed E-state index contributed by atoms with van der Waals surface area (Å²) in [5.41, 5.74) is 1.15. The van der Waals surface area contributed by atoms with E-state index in [1.54, 1.807) is 25.3 Å². The molecule has 0 aromatic heterocycles. The van der Waals surface area contributed by atoms with Gasteiger partial charge >= 0.3 is 0 Å². The first-order chi connectivity index (χ1) is 7.13. The maximum atomic E-state index is 11.5. The third kappa shape index (κ3) is 2.30. The van der Waals surface area contributed by atoms with E-state index in [0.29, 0.717) is 16.3 Å². The van der Waals surface area contributed by atoms with Gasteiger partial charge in [-0.1, -0.05) is 24.3 Å². The molecule has 0 spiro atoms. The molecule has 4 heteroatoms. The monoisotopic (exact) mass is 225 g/mol. The van der Waals surface area contributed by atoms with Crippen LogP contribution in [0, 0.1) is 0 Å². The van der Waals surface area contributed by atoms with E-state index in [4.69, 9.17) is 16.3 Å². The summed E-state index contributed by atoms with van der Waals surface area (Å²) in [5, 5.41) is 2.99. The average Bonchev–Trinajstić information content (AvgIpc) is 2.27. The molecule has 3 nitrogen and oxygen atoms in total. The van der Waals surface area contributed by atoms with E-state index in [0.717, 1.165) is 5.56 Å². The van der Waals surface area contributed by atoms with E-state index in [9.17, 15) is 4.79 Å². The molecule has 0 atom stereocenters. The first-order valence-electron chi connectivity index (χ1n) is 4.36. The van der Waals surface area contributed by atoms with Crippen LogP contribution in [-0.2, 0) is 0 Å². The number of nitrogens with one attached hydrogen (secondary N) is 1. The van der Waals surface area contributed by atoms with E-state index < -0.39 is 0 Å². The molecule has 0 saturated carbocycles. The van der Waals surface area contributed by atoms with E-state index in [-0.39, 0.29) is 5.91 Å². The number of benzene rings is 1. The molecule has 0 aliphatic carbocycles. The van der Waals surface area contributed by atoms with Crippen LogP contribution in [0.1, 0.15) is 15.9 Å². The largest absolute Gasteiger partial charge is 0.496 e. The highest BCUT2D eigenvalue weighted by Crippen LogP contribution is 2.27. The van der Waals surface area contributed by atoms with Gasteiger partial charge in [0.25, 0.3) is 5.91 Å². The smallest absolute Gasteiger partial charge is 0.254 e. The van der Waals surface area contributed by atoms with Crippen LogP contribution in [0.2, 0.25) is 5.02 Å². The van der Waals surface area contributed by atoms with Crippen molar-refractivity contribution >= 4 is 23.6 Å². The summed E-state index contributed by atoms with van der Waals surface area (Å²) in [6.45, 7) is 3.62. The van der Waals surface area contributed by atoms with Crippen molar-refractivity contribution in [2.75, 3.05) is 14.2 Å². The molecule has 0 unspecified atom stereocenters. The summed E-state index contributed by atoms with van der Waals surface area (Å²) in [4.78, 5) is 11.5. The van der Waals surface area contributed by atoms with Crippen molar-refractivity contribution < 1.29 is 9.53 Å². The van der Waals surface area contributed by atoms with Crippen molar-refractivity contribution in [3.05, 3.63) is 34.9 Å². The van der Waals surface area contributed by atoms with Crippen LogP contribution in [0.15, 0.2) is 18.7 Å². The lowest BCUT2D eigenvalue weighted by molar-refractivity contribution is 0.0960. The number of hydrogen-bond donors (Lipinski definition) is 1. The molecule has 1 amide bonds. The standard InChI is InChI=1S/C11H12ClNO2/c1-4-7-5-10(15-3)8(6-9(7)12)11(14)13-2/h4-6H,1H2,2-3H3,(H,13,14). The number of halogens is 1. The molecule has 0 aliphatic heterocycles. The fraction of sp³-hybridized carbons (Fsp3) is 0.182. The number of hydrogen-bond acceptors (Lipinski definition) is 2.